The van der Waals surface area contributed by atoms with Gasteiger partial charge in [0.1, 0.15) is 11.9 Å². The minimum atomic E-state index is -1.01. The summed E-state index contributed by atoms with van der Waals surface area (Å²) < 4.78 is 0. The normalized spacial score (nSPS) is 10.4. The summed E-state index contributed by atoms with van der Waals surface area (Å²) in [5, 5.41) is 9.05. The van der Waals surface area contributed by atoms with E-state index in [1.807, 2.05) is 25.1 Å². The fourth-order valence-corrected chi connectivity index (χ4v) is 2.60. The molecule has 1 aromatic heterocycles. The highest BCUT2D eigenvalue weighted by Crippen LogP contribution is 2.27. The first kappa shape index (κ1) is 13.4. The molecule has 6 heteroatoms. The summed E-state index contributed by atoms with van der Waals surface area (Å²) in [7, 11) is 0. The molecule has 0 saturated carbocycles. The van der Waals surface area contributed by atoms with Crippen molar-refractivity contribution in [3.8, 4) is 0 Å². The maximum atomic E-state index is 11.0. The predicted octanol–water partition coefficient (Wildman–Crippen LogP) is 2.36. The number of carboxylic acids is 1. The largest absolute Gasteiger partial charge is 0.478 e. The number of carbonyl (C=O) groups is 1. The average molecular weight is 275 g/mol. The Bertz CT molecular complexity index is 617. The SMILES string of the molecule is Cc1ccc(N)cc1SCc1ncncc1C(=O)O. The maximum absolute atomic E-state index is 11.0. The number of hydrogen-bond acceptors (Lipinski definition) is 5. The number of nitrogen functional groups attached to an aromatic ring is 1. The third-order valence-electron chi connectivity index (χ3n) is 2.60. The van der Waals surface area contributed by atoms with Gasteiger partial charge in [-0.15, -0.1) is 11.8 Å². The van der Waals surface area contributed by atoms with E-state index in [0.29, 0.717) is 17.1 Å². The topological polar surface area (TPSA) is 89.1 Å². The van der Waals surface area contributed by atoms with E-state index in [1.54, 1.807) is 0 Å². The van der Waals surface area contributed by atoms with E-state index in [-0.39, 0.29) is 5.56 Å². The quantitative estimate of drug-likeness (QED) is 0.657. The molecule has 0 aliphatic rings. The third kappa shape index (κ3) is 3.23. The lowest BCUT2D eigenvalue weighted by Crippen LogP contribution is -2.04. The first-order valence-electron chi connectivity index (χ1n) is 5.59. The summed E-state index contributed by atoms with van der Waals surface area (Å²) in [6.07, 6.45) is 2.67. The Kier molecular flexibility index (Phi) is 4.01. The smallest absolute Gasteiger partial charge is 0.339 e. The molecule has 1 heterocycles. The van der Waals surface area contributed by atoms with Crippen LogP contribution in [0.25, 0.3) is 0 Å². The van der Waals surface area contributed by atoms with E-state index in [9.17, 15) is 4.79 Å². The fourth-order valence-electron chi connectivity index (χ4n) is 1.57. The van der Waals surface area contributed by atoms with Crippen molar-refractivity contribution in [2.24, 2.45) is 0 Å². The number of aryl methyl sites for hydroxylation is 1. The van der Waals surface area contributed by atoms with Gasteiger partial charge in [0.05, 0.1) is 5.69 Å². The van der Waals surface area contributed by atoms with Crippen LogP contribution in [0.15, 0.2) is 35.6 Å². The van der Waals surface area contributed by atoms with E-state index < -0.39 is 5.97 Å². The van der Waals surface area contributed by atoms with E-state index in [0.717, 1.165) is 10.5 Å². The number of nitrogens with two attached hydrogens (primary N) is 1. The van der Waals surface area contributed by atoms with Crippen LogP contribution in [0.2, 0.25) is 0 Å². The van der Waals surface area contributed by atoms with Gasteiger partial charge in [0.15, 0.2) is 0 Å². The van der Waals surface area contributed by atoms with E-state index in [1.165, 1.54) is 24.3 Å². The van der Waals surface area contributed by atoms with Crippen molar-refractivity contribution in [3.63, 3.8) is 0 Å². The molecule has 0 atom stereocenters. The Hall–Kier alpha value is -2.08. The number of benzene rings is 1. The van der Waals surface area contributed by atoms with Crippen LogP contribution in [0.3, 0.4) is 0 Å². The van der Waals surface area contributed by atoms with Crippen molar-refractivity contribution in [3.05, 3.63) is 47.5 Å². The number of rotatable bonds is 4. The van der Waals surface area contributed by atoms with Crippen LogP contribution in [-0.4, -0.2) is 21.0 Å². The van der Waals surface area contributed by atoms with Gasteiger partial charge in [0, 0.05) is 22.5 Å². The summed E-state index contributed by atoms with van der Waals surface area (Å²) >= 11 is 1.51. The number of nitrogens with zero attached hydrogens (tertiary/aromatic N) is 2. The molecule has 0 fully saturated rings. The molecule has 0 unspecified atom stereocenters. The lowest BCUT2D eigenvalue weighted by molar-refractivity contribution is 0.0695. The Morgan fingerprint density at radius 3 is 3.00 bits per heavy atom. The van der Waals surface area contributed by atoms with Crippen LogP contribution in [-0.2, 0) is 5.75 Å². The molecule has 0 aliphatic heterocycles. The third-order valence-corrected chi connectivity index (χ3v) is 3.77. The second kappa shape index (κ2) is 5.71. The van der Waals surface area contributed by atoms with Gasteiger partial charge in [-0.1, -0.05) is 6.07 Å². The molecule has 98 valence electrons. The van der Waals surface area contributed by atoms with Gasteiger partial charge in [-0.05, 0) is 24.6 Å². The summed E-state index contributed by atoms with van der Waals surface area (Å²) in [5.74, 6) is -0.547. The summed E-state index contributed by atoms with van der Waals surface area (Å²) in [6, 6.07) is 5.66. The molecule has 5 nitrogen and oxygen atoms in total. The zero-order chi connectivity index (χ0) is 13.8. The van der Waals surface area contributed by atoms with Crippen molar-refractivity contribution in [1.82, 2.24) is 9.97 Å². The molecule has 1 aromatic carbocycles. The van der Waals surface area contributed by atoms with Gasteiger partial charge < -0.3 is 10.8 Å². The van der Waals surface area contributed by atoms with Crippen LogP contribution in [0.5, 0.6) is 0 Å². The van der Waals surface area contributed by atoms with Crippen LogP contribution in [0.4, 0.5) is 5.69 Å². The van der Waals surface area contributed by atoms with Crippen molar-refractivity contribution in [1.29, 1.82) is 0 Å². The van der Waals surface area contributed by atoms with E-state index >= 15 is 0 Å². The molecule has 3 N–H and O–H groups in total. The van der Waals surface area contributed by atoms with Crippen molar-refractivity contribution < 1.29 is 9.90 Å². The fraction of sp³-hybridized carbons (Fsp3) is 0.154. The Labute approximate surface area is 114 Å². The van der Waals surface area contributed by atoms with Crippen molar-refractivity contribution in [2.45, 2.75) is 17.6 Å². The van der Waals surface area contributed by atoms with Gasteiger partial charge in [-0.25, -0.2) is 14.8 Å². The highest BCUT2D eigenvalue weighted by molar-refractivity contribution is 7.98. The van der Waals surface area contributed by atoms with Gasteiger partial charge >= 0.3 is 5.97 Å². The molecule has 0 spiro atoms. The first-order chi connectivity index (χ1) is 9.08. The minimum Gasteiger partial charge on any atom is -0.478 e. The zero-order valence-corrected chi connectivity index (χ0v) is 11.1. The van der Waals surface area contributed by atoms with Crippen LogP contribution in [0, 0.1) is 6.92 Å². The summed E-state index contributed by atoms with van der Waals surface area (Å²) in [5.41, 5.74) is 8.18. The second-order valence-corrected chi connectivity index (χ2v) is 5.02. The molecule has 0 aliphatic carbocycles. The standard InChI is InChI=1S/C13H13N3O2S/c1-8-2-3-9(14)4-12(8)19-6-11-10(13(17)18)5-15-7-16-11/h2-5,7H,6,14H2,1H3,(H,17,18). The molecule has 2 aromatic rings. The number of aromatic carboxylic acids is 1. The number of anilines is 1. The monoisotopic (exact) mass is 275 g/mol. The number of aromatic nitrogens is 2. The molecule has 0 amide bonds. The molecule has 2 rings (SSSR count). The molecule has 0 radical (unpaired) electrons. The highest BCUT2D eigenvalue weighted by Gasteiger charge is 2.12. The lowest BCUT2D eigenvalue weighted by Gasteiger charge is -2.07. The Balaban J connectivity index is 2.19. The van der Waals surface area contributed by atoms with E-state index in [4.69, 9.17) is 10.8 Å². The van der Waals surface area contributed by atoms with Crippen LogP contribution >= 0.6 is 11.8 Å². The number of carboxylic acid groups (broad SMARTS) is 1. The Morgan fingerprint density at radius 2 is 2.26 bits per heavy atom. The van der Waals surface area contributed by atoms with Gasteiger partial charge in [0.2, 0.25) is 0 Å². The maximum Gasteiger partial charge on any atom is 0.339 e. The summed E-state index contributed by atoms with van der Waals surface area (Å²) in [4.78, 5) is 19.8. The minimum absolute atomic E-state index is 0.136. The predicted molar refractivity (Wildman–Crippen MR) is 74.1 cm³/mol. The number of hydrogen-bond donors (Lipinski definition) is 2. The molecule has 0 saturated heterocycles. The van der Waals surface area contributed by atoms with E-state index in [2.05, 4.69) is 9.97 Å². The Morgan fingerprint density at radius 1 is 1.47 bits per heavy atom. The van der Waals surface area contributed by atoms with Crippen LogP contribution in [0.1, 0.15) is 21.6 Å². The molecule has 19 heavy (non-hydrogen) atoms. The van der Waals surface area contributed by atoms with Crippen LogP contribution < -0.4 is 5.73 Å². The average Bonchev–Trinajstić information content (AvgIpc) is 2.40. The summed E-state index contributed by atoms with van der Waals surface area (Å²) in [6.45, 7) is 1.99. The molecule has 0 bridgehead atoms. The first-order valence-corrected chi connectivity index (χ1v) is 6.57. The van der Waals surface area contributed by atoms with Crippen molar-refractivity contribution >= 4 is 23.4 Å². The van der Waals surface area contributed by atoms with Gasteiger partial charge in [0.25, 0.3) is 0 Å². The zero-order valence-electron chi connectivity index (χ0n) is 10.3. The second-order valence-electron chi connectivity index (χ2n) is 4.00. The lowest BCUT2D eigenvalue weighted by atomic mass is 10.2. The number of thioether (sulfide) groups is 1. The van der Waals surface area contributed by atoms with Gasteiger partial charge in [-0.2, -0.15) is 0 Å². The molecular formula is C13H13N3O2S. The van der Waals surface area contributed by atoms with Crippen molar-refractivity contribution in [2.75, 3.05) is 5.73 Å². The van der Waals surface area contributed by atoms with Gasteiger partial charge in [-0.3, -0.25) is 0 Å². The molecular weight excluding hydrogens is 262 g/mol. The highest BCUT2D eigenvalue weighted by atomic mass is 32.2.